The molecule has 0 aliphatic rings. The molecule has 126 valence electrons. The topological polar surface area (TPSA) is 56.2 Å². The van der Waals surface area contributed by atoms with Gasteiger partial charge in [-0.2, -0.15) is 0 Å². The van der Waals surface area contributed by atoms with Crippen molar-refractivity contribution in [1.82, 2.24) is 14.9 Å². The van der Waals surface area contributed by atoms with Gasteiger partial charge >= 0.3 is 0 Å². The van der Waals surface area contributed by atoms with Crippen molar-refractivity contribution in [2.45, 2.75) is 19.6 Å². The molecule has 2 heterocycles. The molecular weight excluding hydrogens is 314 g/mol. The first-order chi connectivity index (χ1) is 12.2. The molecule has 3 aromatic rings. The number of nitrogens with zero attached hydrogens (tertiary/aromatic N) is 2. The lowest BCUT2D eigenvalue weighted by Gasteiger charge is -2.12. The third kappa shape index (κ3) is 3.70. The van der Waals surface area contributed by atoms with Crippen LogP contribution in [0.2, 0.25) is 0 Å². The Morgan fingerprint density at radius 2 is 2.12 bits per heavy atom. The number of ether oxygens (including phenoxy) is 1. The Morgan fingerprint density at radius 3 is 2.84 bits per heavy atom. The summed E-state index contributed by atoms with van der Waals surface area (Å²) in [6.45, 7) is 1.26. The van der Waals surface area contributed by atoms with Gasteiger partial charge in [0.05, 0.1) is 24.9 Å². The largest absolute Gasteiger partial charge is 0.497 e. The summed E-state index contributed by atoms with van der Waals surface area (Å²) in [5.41, 5.74) is 2.28. The zero-order chi connectivity index (χ0) is 17.6. The zero-order valence-electron chi connectivity index (χ0n) is 14.0. The Hall–Kier alpha value is -3.10. The molecule has 3 rings (SSSR count). The quantitative estimate of drug-likeness (QED) is 0.704. The minimum Gasteiger partial charge on any atom is -0.497 e. The summed E-state index contributed by atoms with van der Waals surface area (Å²) in [4.78, 5) is 17.0. The molecule has 5 nitrogen and oxygen atoms in total. The van der Waals surface area contributed by atoms with E-state index in [9.17, 15) is 4.79 Å². The van der Waals surface area contributed by atoms with E-state index in [4.69, 9.17) is 11.2 Å². The minimum absolute atomic E-state index is 0.0905. The number of fused-ring (bicyclic) bond motifs is 1. The predicted octanol–water partition coefficient (Wildman–Crippen LogP) is 2.33. The summed E-state index contributed by atoms with van der Waals surface area (Å²) in [5.74, 6) is 3.25. The molecule has 2 aromatic heterocycles. The second-order valence-electron chi connectivity index (χ2n) is 5.61. The third-order valence-corrected chi connectivity index (χ3v) is 3.98. The molecule has 0 aliphatic heterocycles. The van der Waals surface area contributed by atoms with Crippen LogP contribution in [0.1, 0.15) is 11.3 Å². The fourth-order valence-corrected chi connectivity index (χ4v) is 2.74. The summed E-state index contributed by atoms with van der Waals surface area (Å²) >= 11 is 0. The molecule has 5 heteroatoms. The zero-order valence-corrected chi connectivity index (χ0v) is 14.0. The molecule has 0 saturated carbocycles. The molecule has 0 atom stereocenters. The van der Waals surface area contributed by atoms with Gasteiger partial charge < -0.3 is 10.1 Å². The lowest BCUT2D eigenvalue weighted by Crippen LogP contribution is -2.27. The van der Waals surface area contributed by atoms with Crippen molar-refractivity contribution in [3.8, 4) is 18.1 Å². The van der Waals surface area contributed by atoms with Crippen molar-refractivity contribution in [3.63, 3.8) is 0 Å². The van der Waals surface area contributed by atoms with Crippen molar-refractivity contribution < 1.29 is 4.74 Å². The molecule has 1 N–H and O–H groups in total. The number of pyridine rings is 2. The van der Waals surface area contributed by atoms with E-state index in [1.165, 1.54) is 0 Å². The fraction of sp³-hybridized carbons (Fsp3) is 0.200. The van der Waals surface area contributed by atoms with Crippen LogP contribution in [-0.2, 0) is 19.6 Å². The van der Waals surface area contributed by atoms with Crippen LogP contribution in [0.5, 0.6) is 5.75 Å². The molecule has 0 fully saturated rings. The molecular formula is C20H19N3O2. The molecule has 0 aliphatic carbocycles. The molecule has 1 aromatic carbocycles. The fourth-order valence-electron chi connectivity index (χ4n) is 2.74. The highest BCUT2D eigenvalue weighted by atomic mass is 16.5. The number of aromatic nitrogens is 2. The Kier molecular flexibility index (Phi) is 5.12. The Morgan fingerprint density at radius 1 is 1.24 bits per heavy atom. The van der Waals surface area contributed by atoms with Gasteiger partial charge in [-0.05, 0) is 35.7 Å². The van der Waals surface area contributed by atoms with Gasteiger partial charge in [-0.1, -0.05) is 12.0 Å². The third-order valence-electron chi connectivity index (χ3n) is 3.98. The molecule has 0 spiro atoms. The first kappa shape index (κ1) is 16.7. The van der Waals surface area contributed by atoms with Crippen molar-refractivity contribution in [2.24, 2.45) is 0 Å². The Balaban J connectivity index is 1.91. The van der Waals surface area contributed by atoms with Gasteiger partial charge in [-0.15, -0.1) is 6.42 Å². The first-order valence-corrected chi connectivity index (χ1v) is 7.97. The van der Waals surface area contributed by atoms with Crippen LogP contribution >= 0.6 is 0 Å². The maximum atomic E-state index is 12.8. The van der Waals surface area contributed by atoms with Crippen molar-refractivity contribution in [3.05, 3.63) is 70.3 Å². The summed E-state index contributed by atoms with van der Waals surface area (Å²) in [6.07, 6.45) is 7.20. The van der Waals surface area contributed by atoms with Gasteiger partial charge in [-0.25, -0.2) is 0 Å². The van der Waals surface area contributed by atoms with Gasteiger partial charge in [0.2, 0.25) is 0 Å². The van der Waals surface area contributed by atoms with Crippen LogP contribution in [0.4, 0.5) is 0 Å². The van der Waals surface area contributed by atoms with E-state index >= 15 is 0 Å². The van der Waals surface area contributed by atoms with Crippen LogP contribution in [0.25, 0.3) is 10.9 Å². The van der Waals surface area contributed by atoms with Gasteiger partial charge in [-0.3, -0.25) is 14.3 Å². The van der Waals surface area contributed by atoms with E-state index in [0.717, 1.165) is 16.6 Å². The molecule has 0 amide bonds. The van der Waals surface area contributed by atoms with E-state index in [0.29, 0.717) is 24.4 Å². The van der Waals surface area contributed by atoms with E-state index in [1.807, 2.05) is 42.5 Å². The van der Waals surface area contributed by atoms with Crippen molar-refractivity contribution in [2.75, 3.05) is 7.11 Å². The molecule has 25 heavy (non-hydrogen) atoms. The van der Waals surface area contributed by atoms with Crippen LogP contribution in [0, 0.1) is 12.3 Å². The molecule has 0 unspecified atom stereocenters. The van der Waals surface area contributed by atoms with E-state index in [2.05, 4.69) is 16.2 Å². The summed E-state index contributed by atoms with van der Waals surface area (Å²) in [7, 11) is 1.60. The monoisotopic (exact) mass is 333 g/mol. The highest BCUT2D eigenvalue weighted by molar-refractivity contribution is 5.81. The second-order valence-corrected chi connectivity index (χ2v) is 5.61. The maximum Gasteiger partial charge on any atom is 0.256 e. The maximum absolute atomic E-state index is 12.8. The summed E-state index contributed by atoms with van der Waals surface area (Å²) < 4.78 is 6.86. The van der Waals surface area contributed by atoms with Crippen LogP contribution in [0.3, 0.4) is 0 Å². The van der Waals surface area contributed by atoms with Crippen molar-refractivity contribution >= 4 is 10.9 Å². The smallest absolute Gasteiger partial charge is 0.256 e. The second kappa shape index (κ2) is 7.65. The van der Waals surface area contributed by atoms with Crippen LogP contribution in [-0.4, -0.2) is 16.7 Å². The van der Waals surface area contributed by atoms with E-state index in [-0.39, 0.29) is 12.1 Å². The highest BCUT2D eigenvalue weighted by Gasteiger charge is 2.10. The Labute approximate surface area is 146 Å². The lowest BCUT2D eigenvalue weighted by molar-refractivity contribution is 0.415. The molecule has 0 bridgehead atoms. The SMILES string of the molecule is C#CCn1c(=O)c(CNCc2ccccn2)cc2ccc(OC)cc21. The Bertz CT molecular complexity index is 972. The number of benzene rings is 1. The number of nitrogens with one attached hydrogen (secondary N) is 1. The molecule has 0 radical (unpaired) electrons. The van der Waals surface area contributed by atoms with Crippen LogP contribution in [0.15, 0.2) is 53.5 Å². The van der Waals surface area contributed by atoms with Crippen LogP contribution < -0.4 is 15.6 Å². The number of rotatable bonds is 6. The van der Waals surface area contributed by atoms with Gasteiger partial charge in [0.1, 0.15) is 5.75 Å². The molecule has 0 saturated heterocycles. The lowest BCUT2D eigenvalue weighted by atomic mass is 10.1. The van der Waals surface area contributed by atoms with E-state index < -0.39 is 0 Å². The number of methoxy groups -OCH3 is 1. The van der Waals surface area contributed by atoms with Crippen molar-refractivity contribution in [1.29, 1.82) is 0 Å². The summed E-state index contributed by atoms with van der Waals surface area (Å²) in [6, 6.07) is 13.3. The summed E-state index contributed by atoms with van der Waals surface area (Å²) in [5, 5.41) is 4.21. The highest BCUT2D eigenvalue weighted by Crippen LogP contribution is 2.20. The number of hydrogen-bond acceptors (Lipinski definition) is 4. The van der Waals surface area contributed by atoms with Gasteiger partial charge in [0, 0.05) is 30.9 Å². The standard InChI is InChI=1S/C20H19N3O2/c1-3-10-23-19-12-18(25-2)8-7-15(19)11-16(20(23)24)13-21-14-17-6-4-5-9-22-17/h1,4-9,11-12,21H,10,13-14H2,2H3. The van der Waals surface area contributed by atoms with Gasteiger partial charge in [0.25, 0.3) is 5.56 Å². The predicted molar refractivity (Wildman–Crippen MR) is 98.4 cm³/mol. The average Bonchev–Trinajstić information content (AvgIpc) is 2.65. The number of hydrogen-bond donors (Lipinski definition) is 1. The normalized spacial score (nSPS) is 10.6. The van der Waals surface area contributed by atoms with Gasteiger partial charge in [0.15, 0.2) is 0 Å². The van der Waals surface area contributed by atoms with E-state index in [1.54, 1.807) is 17.9 Å². The minimum atomic E-state index is -0.0905. The average molecular weight is 333 g/mol. The number of terminal acetylenes is 1. The first-order valence-electron chi connectivity index (χ1n) is 7.97.